The molecule has 0 bridgehead atoms. The molecule has 1 aliphatic heterocycles. The number of aryl methyl sites for hydroxylation is 1. The van der Waals surface area contributed by atoms with Gasteiger partial charge in [-0.1, -0.05) is 0 Å². The Balaban J connectivity index is 1.89. The van der Waals surface area contributed by atoms with Gasteiger partial charge < -0.3 is 4.90 Å². The number of rotatable bonds is 5. The van der Waals surface area contributed by atoms with Gasteiger partial charge in [-0.2, -0.15) is 11.8 Å². The molecular formula is C11H17BrN2O2S3. The summed E-state index contributed by atoms with van der Waals surface area (Å²) in [6.45, 7) is 5.18. The highest BCUT2D eigenvalue weighted by Crippen LogP contribution is 2.29. The first kappa shape index (κ1) is 15.8. The van der Waals surface area contributed by atoms with Crippen LogP contribution in [0.15, 0.2) is 14.7 Å². The normalized spacial score (nSPS) is 17.8. The quantitative estimate of drug-likeness (QED) is 0.844. The number of nitrogens with one attached hydrogen (secondary N) is 1. The van der Waals surface area contributed by atoms with Crippen LogP contribution in [-0.2, 0) is 10.0 Å². The fourth-order valence-electron chi connectivity index (χ4n) is 1.94. The lowest BCUT2D eigenvalue weighted by molar-refractivity contribution is 0.307. The predicted molar refractivity (Wildman–Crippen MR) is 85.7 cm³/mol. The Labute approximate surface area is 131 Å². The average molecular weight is 385 g/mol. The standard InChI is InChI=1S/C11H17BrN2O2S3/c1-9-10(8-11(12)18-9)19(15,16)13-2-3-14-4-6-17-7-5-14/h8,13H,2-7H2,1H3. The minimum Gasteiger partial charge on any atom is -0.300 e. The summed E-state index contributed by atoms with van der Waals surface area (Å²) < 4.78 is 27.9. The van der Waals surface area contributed by atoms with Crippen LogP contribution in [0.25, 0.3) is 0 Å². The topological polar surface area (TPSA) is 49.4 Å². The number of sulfonamides is 1. The second-order valence-corrected chi connectivity index (χ2v) is 9.92. The largest absolute Gasteiger partial charge is 0.300 e. The summed E-state index contributed by atoms with van der Waals surface area (Å²) in [6, 6.07) is 1.67. The van der Waals surface area contributed by atoms with E-state index in [4.69, 9.17) is 0 Å². The second kappa shape index (κ2) is 6.91. The number of halogens is 1. The van der Waals surface area contributed by atoms with Crippen LogP contribution in [0, 0.1) is 6.92 Å². The third kappa shape index (κ3) is 4.44. The molecule has 108 valence electrons. The van der Waals surface area contributed by atoms with Crippen LogP contribution in [0.1, 0.15) is 4.88 Å². The van der Waals surface area contributed by atoms with Gasteiger partial charge in [0.2, 0.25) is 10.0 Å². The van der Waals surface area contributed by atoms with Crippen molar-refractivity contribution in [3.8, 4) is 0 Å². The Morgan fingerprint density at radius 3 is 2.68 bits per heavy atom. The van der Waals surface area contributed by atoms with Crippen molar-refractivity contribution >= 4 is 49.1 Å². The molecule has 1 aromatic heterocycles. The van der Waals surface area contributed by atoms with Gasteiger partial charge in [0.25, 0.3) is 0 Å². The predicted octanol–water partition coefficient (Wildman–Crippen LogP) is 2.15. The summed E-state index contributed by atoms with van der Waals surface area (Å²) in [6.07, 6.45) is 0. The summed E-state index contributed by atoms with van der Waals surface area (Å²) in [5.41, 5.74) is 0. The summed E-state index contributed by atoms with van der Waals surface area (Å²) in [4.78, 5) is 3.50. The SMILES string of the molecule is Cc1sc(Br)cc1S(=O)(=O)NCCN1CCSCC1. The van der Waals surface area contributed by atoms with E-state index < -0.39 is 10.0 Å². The maximum absolute atomic E-state index is 12.2. The first-order chi connectivity index (χ1) is 8.99. The Hall–Kier alpha value is 0.400. The van der Waals surface area contributed by atoms with Crippen LogP contribution in [0.4, 0.5) is 0 Å². The molecule has 19 heavy (non-hydrogen) atoms. The molecule has 0 unspecified atom stereocenters. The van der Waals surface area contributed by atoms with Crippen LogP contribution >= 0.6 is 39.0 Å². The lowest BCUT2D eigenvalue weighted by Crippen LogP contribution is -2.39. The lowest BCUT2D eigenvalue weighted by atomic mass is 10.5. The van der Waals surface area contributed by atoms with Gasteiger partial charge in [-0.05, 0) is 28.9 Å². The molecule has 2 rings (SSSR count). The molecule has 4 nitrogen and oxygen atoms in total. The molecule has 2 heterocycles. The van der Waals surface area contributed by atoms with Crippen LogP contribution in [0.3, 0.4) is 0 Å². The van der Waals surface area contributed by atoms with E-state index in [-0.39, 0.29) is 0 Å². The van der Waals surface area contributed by atoms with Gasteiger partial charge in [0.15, 0.2) is 0 Å². The Morgan fingerprint density at radius 2 is 2.11 bits per heavy atom. The average Bonchev–Trinajstić information content (AvgIpc) is 2.70. The highest BCUT2D eigenvalue weighted by Gasteiger charge is 2.19. The van der Waals surface area contributed by atoms with E-state index in [0.29, 0.717) is 11.4 Å². The zero-order valence-corrected chi connectivity index (χ0v) is 14.7. The van der Waals surface area contributed by atoms with Crippen molar-refractivity contribution in [2.75, 3.05) is 37.7 Å². The van der Waals surface area contributed by atoms with Gasteiger partial charge in [-0.15, -0.1) is 11.3 Å². The van der Waals surface area contributed by atoms with E-state index in [1.807, 2.05) is 18.7 Å². The van der Waals surface area contributed by atoms with Crippen molar-refractivity contribution in [3.63, 3.8) is 0 Å². The summed E-state index contributed by atoms with van der Waals surface area (Å²) in [5, 5.41) is 0. The van der Waals surface area contributed by atoms with E-state index in [1.54, 1.807) is 6.07 Å². The summed E-state index contributed by atoms with van der Waals surface area (Å²) in [5.74, 6) is 2.28. The minimum atomic E-state index is -3.37. The van der Waals surface area contributed by atoms with E-state index in [9.17, 15) is 8.42 Å². The van der Waals surface area contributed by atoms with Gasteiger partial charge in [-0.25, -0.2) is 13.1 Å². The monoisotopic (exact) mass is 384 g/mol. The van der Waals surface area contributed by atoms with E-state index in [0.717, 1.165) is 39.8 Å². The molecule has 1 saturated heterocycles. The number of thiophene rings is 1. The molecule has 1 aromatic rings. The molecule has 1 fully saturated rings. The van der Waals surface area contributed by atoms with Crippen LogP contribution < -0.4 is 4.72 Å². The maximum Gasteiger partial charge on any atom is 0.241 e. The first-order valence-corrected chi connectivity index (χ1v) is 10.3. The lowest BCUT2D eigenvalue weighted by Gasteiger charge is -2.25. The summed E-state index contributed by atoms with van der Waals surface area (Å²) in [7, 11) is -3.37. The van der Waals surface area contributed by atoms with Crippen LogP contribution in [0.5, 0.6) is 0 Å². The van der Waals surface area contributed by atoms with Gasteiger partial charge in [-0.3, -0.25) is 0 Å². The molecule has 0 atom stereocenters. The highest BCUT2D eigenvalue weighted by molar-refractivity contribution is 9.11. The van der Waals surface area contributed by atoms with Crippen molar-refractivity contribution < 1.29 is 8.42 Å². The fraction of sp³-hybridized carbons (Fsp3) is 0.636. The van der Waals surface area contributed by atoms with Gasteiger partial charge in [0, 0.05) is 42.6 Å². The van der Waals surface area contributed by atoms with Crippen LogP contribution in [-0.4, -0.2) is 51.0 Å². The molecule has 0 spiro atoms. The molecule has 0 saturated carbocycles. The molecular weight excluding hydrogens is 368 g/mol. The van der Waals surface area contributed by atoms with Crippen LogP contribution in [0.2, 0.25) is 0 Å². The van der Waals surface area contributed by atoms with Gasteiger partial charge in [0.1, 0.15) is 0 Å². The first-order valence-electron chi connectivity index (χ1n) is 6.05. The van der Waals surface area contributed by atoms with E-state index in [2.05, 4.69) is 25.6 Å². The van der Waals surface area contributed by atoms with E-state index in [1.165, 1.54) is 11.3 Å². The Bertz CT molecular complexity index is 524. The molecule has 1 aliphatic rings. The summed E-state index contributed by atoms with van der Waals surface area (Å²) >= 11 is 6.72. The van der Waals surface area contributed by atoms with Gasteiger partial charge >= 0.3 is 0 Å². The van der Waals surface area contributed by atoms with E-state index >= 15 is 0 Å². The highest BCUT2D eigenvalue weighted by atomic mass is 79.9. The molecule has 0 amide bonds. The third-order valence-corrected chi connectivity index (χ3v) is 7.17. The molecule has 1 N–H and O–H groups in total. The minimum absolute atomic E-state index is 0.388. The zero-order valence-electron chi connectivity index (χ0n) is 10.7. The van der Waals surface area contributed by atoms with Gasteiger partial charge in [0.05, 0.1) is 8.68 Å². The molecule has 0 radical (unpaired) electrons. The van der Waals surface area contributed by atoms with Crippen molar-refractivity contribution in [3.05, 3.63) is 14.7 Å². The molecule has 0 aliphatic carbocycles. The smallest absolute Gasteiger partial charge is 0.241 e. The van der Waals surface area contributed by atoms with Crippen molar-refractivity contribution in [2.45, 2.75) is 11.8 Å². The third-order valence-electron chi connectivity index (χ3n) is 2.96. The van der Waals surface area contributed by atoms with Crippen molar-refractivity contribution in [1.29, 1.82) is 0 Å². The Morgan fingerprint density at radius 1 is 1.42 bits per heavy atom. The van der Waals surface area contributed by atoms with Crippen molar-refractivity contribution in [2.24, 2.45) is 0 Å². The zero-order chi connectivity index (χ0) is 13.9. The molecule has 8 heteroatoms. The molecule has 0 aromatic carbocycles. The fourth-order valence-corrected chi connectivity index (χ4v) is 6.35. The number of hydrogen-bond donors (Lipinski definition) is 1. The number of nitrogens with zero attached hydrogens (tertiary/aromatic N) is 1. The van der Waals surface area contributed by atoms with Crippen molar-refractivity contribution in [1.82, 2.24) is 9.62 Å². The maximum atomic E-state index is 12.2. The second-order valence-electron chi connectivity index (χ2n) is 4.32. The number of hydrogen-bond acceptors (Lipinski definition) is 5. The number of thioether (sulfide) groups is 1. The Kier molecular flexibility index (Phi) is 5.74.